The fourth-order valence-electron chi connectivity index (χ4n) is 4.85. The second-order valence-electron chi connectivity index (χ2n) is 9.55. The van der Waals surface area contributed by atoms with Gasteiger partial charge >= 0.3 is 0 Å². The van der Waals surface area contributed by atoms with Gasteiger partial charge in [0.2, 0.25) is 5.75 Å². The molecule has 5 rings (SSSR count). The minimum absolute atomic E-state index is 0.0202. The molecule has 0 amide bonds. The van der Waals surface area contributed by atoms with Crippen molar-refractivity contribution in [1.82, 2.24) is 5.32 Å². The molecule has 6 heteroatoms. The molecule has 0 radical (unpaired) electrons. The van der Waals surface area contributed by atoms with Crippen molar-refractivity contribution in [3.63, 3.8) is 0 Å². The first kappa shape index (κ1) is 27.2. The second-order valence-corrected chi connectivity index (χ2v) is 9.55. The van der Waals surface area contributed by atoms with Crippen molar-refractivity contribution in [2.24, 2.45) is 0 Å². The van der Waals surface area contributed by atoms with Crippen LogP contribution in [0.1, 0.15) is 33.9 Å². The summed E-state index contributed by atoms with van der Waals surface area (Å²) in [5.74, 6) is 3.30. The van der Waals surface area contributed by atoms with Crippen LogP contribution < -0.4 is 29.0 Å². The van der Waals surface area contributed by atoms with E-state index in [1.54, 1.807) is 21.3 Å². The van der Waals surface area contributed by atoms with Gasteiger partial charge in [-0.3, -0.25) is 0 Å². The second kappa shape index (κ2) is 13.1. The fraction of sp³-hybridized carbons (Fsp3) is 0.235. The van der Waals surface area contributed by atoms with Gasteiger partial charge in [0.1, 0.15) is 13.2 Å². The van der Waals surface area contributed by atoms with E-state index >= 15 is 0 Å². The normalized spacial score (nSPS) is 14.4. The average molecular weight is 538 g/mol. The average Bonchev–Trinajstić information content (AvgIpc) is 3.02. The molecule has 0 saturated carbocycles. The summed E-state index contributed by atoms with van der Waals surface area (Å²) in [6.45, 7) is 1.78. The Labute approximate surface area is 236 Å². The molecule has 4 aromatic carbocycles. The molecule has 0 fully saturated rings. The molecule has 40 heavy (non-hydrogen) atoms. The van der Waals surface area contributed by atoms with Crippen molar-refractivity contribution in [1.29, 1.82) is 0 Å². The zero-order valence-corrected chi connectivity index (χ0v) is 23.2. The molecule has 1 unspecified atom stereocenters. The van der Waals surface area contributed by atoms with Crippen LogP contribution >= 0.6 is 0 Å². The standard InChI is InChI=1S/C34H35NO5/c1-36-30-21-28-27(20-31(30)39-22-24-10-6-4-7-11-24)16-17-35-29(28)15-14-26-18-32(37-2)34(33(19-26)38-3)40-23-25-12-8-5-9-13-25/h4-15,18-21,29,35H,16-17,22-23H2,1-3H3/b15-14+. The number of fused-ring (bicyclic) bond motifs is 1. The number of benzene rings is 4. The van der Waals surface area contributed by atoms with E-state index in [0.29, 0.717) is 30.5 Å². The van der Waals surface area contributed by atoms with Crippen molar-refractivity contribution >= 4 is 6.08 Å². The Balaban J connectivity index is 1.35. The highest BCUT2D eigenvalue weighted by atomic mass is 16.5. The number of hydrogen-bond acceptors (Lipinski definition) is 6. The maximum absolute atomic E-state index is 6.15. The molecular formula is C34H35NO5. The molecular weight excluding hydrogens is 502 g/mol. The van der Waals surface area contributed by atoms with Gasteiger partial charge in [-0.05, 0) is 58.5 Å². The first-order valence-electron chi connectivity index (χ1n) is 13.4. The van der Waals surface area contributed by atoms with Crippen LogP contribution in [0.15, 0.2) is 91.0 Å². The first-order chi connectivity index (χ1) is 19.7. The maximum Gasteiger partial charge on any atom is 0.203 e. The molecule has 1 N–H and O–H groups in total. The Morgan fingerprint density at radius 3 is 1.90 bits per heavy atom. The summed E-state index contributed by atoms with van der Waals surface area (Å²) in [7, 11) is 4.96. The van der Waals surface area contributed by atoms with Crippen LogP contribution in [0, 0.1) is 0 Å². The van der Waals surface area contributed by atoms with Crippen molar-refractivity contribution in [3.8, 4) is 28.7 Å². The molecule has 0 aliphatic carbocycles. The molecule has 0 bridgehead atoms. The summed E-state index contributed by atoms with van der Waals surface area (Å²) in [6, 6.07) is 28.3. The third-order valence-corrected chi connectivity index (χ3v) is 6.95. The summed E-state index contributed by atoms with van der Waals surface area (Å²) in [4.78, 5) is 0. The predicted octanol–water partition coefficient (Wildman–Crippen LogP) is 6.77. The van der Waals surface area contributed by atoms with Crippen LogP contribution in [-0.2, 0) is 19.6 Å². The quantitative estimate of drug-likeness (QED) is 0.228. The Morgan fingerprint density at radius 2 is 1.30 bits per heavy atom. The van der Waals surface area contributed by atoms with Gasteiger partial charge in [0.05, 0.1) is 27.4 Å². The van der Waals surface area contributed by atoms with E-state index in [-0.39, 0.29) is 6.04 Å². The fourth-order valence-corrected chi connectivity index (χ4v) is 4.85. The van der Waals surface area contributed by atoms with Gasteiger partial charge in [-0.25, -0.2) is 0 Å². The van der Waals surface area contributed by atoms with E-state index in [1.807, 2.05) is 60.7 Å². The first-order valence-corrected chi connectivity index (χ1v) is 13.4. The van der Waals surface area contributed by atoms with Gasteiger partial charge in [0.15, 0.2) is 23.0 Å². The SMILES string of the molecule is COc1cc2c(cc1OCc1ccccc1)CCNC2/C=C/c1cc(OC)c(OCc2ccccc2)c(OC)c1. The van der Waals surface area contributed by atoms with E-state index in [1.165, 1.54) is 11.1 Å². The van der Waals surface area contributed by atoms with Gasteiger partial charge in [-0.15, -0.1) is 0 Å². The summed E-state index contributed by atoms with van der Waals surface area (Å²) in [5, 5.41) is 3.61. The van der Waals surface area contributed by atoms with Crippen LogP contribution in [0.3, 0.4) is 0 Å². The number of nitrogens with one attached hydrogen (secondary N) is 1. The van der Waals surface area contributed by atoms with Crippen LogP contribution in [-0.4, -0.2) is 27.9 Å². The summed E-state index contributed by atoms with van der Waals surface area (Å²) in [5.41, 5.74) is 5.56. The van der Waals surface area contributed by atoms with Crippen LogP contribution in [0.5, 0.6) is 28.7 Å². The molecule has 1 heterocycles. The highest BCUT2D eigenvalue weighted by Crippen LogP contribution is 2.40. The van der Waals surface area contributed by atoms with Gasteiger partial charge < -0.3 is 29.0 Å². The van der Waals surface area contributed by atoms with E-state index in [0.717, 1.165) is 41.2 Å². The minimum atomic E-state index is 0.0202. The van der Waals surface area contributed by atoms with Crippen molar-refractivity contribution in [2.75, 3.05) is 27.9 Å². The largest absolute Gasteiger partial charge is 0.493 e. The Hall–Kier alpha value is -4.42. The Bertz CT molecular complexity index is 1410. The van der Waals surface area contributed by atoms with Gasteiger partial charge in [-0.1, -0.05) is 72.8 Å². The van der Waals surface area contributed by atoms with E-state index < -0.39 is 0 Å². The van der Waals surface area contributed by atoms with Crippen molar-refractivity contribution in [3.05, 3.63) is 119 Å². The van der Waals surface area contributed by atoms with E-state index in [2.05, 4.69) is 41.7 Å². The molecule has 4 aromatic rings. The number of ether oxygens (including phenoxy) is 5. The lowest BCUT2D eigenvalue weighted by Crippen LogP contribution is -2.28. The smallest absolute Gasteiger partial charge is 0.203 e. The van der Waals surface area contributed by atoms with Gasteiger partial charge in [-0.2, -0.15) is 0 Å². The zero-order valence-electron chi connectivity index (χ0n) is 23.2. The minimum Gasteiger partial charge on any atom is -0.493 e. The van der Waals surface area contributed by atoms with Crippen molar-refractivity contribution < 1.29 is 23.7 Å². The zero-order chi connectivity index (χ0) is 27.7. The monoisotopic (exact) mass is 537 g/mol. The molecule has 206 valence electrons. The molecule has 1 atom stereocenters. The molecule has 6 nitrogen and oxygen atoms in total. The molecule has 0 saturated heterocycles. The van der Waals surface area contributed by atoms with Crippen LogP contribution in [0.25, 0.3) is 6.08 Å². The predicted molar refractivity (Wildman–Crippen MR) is 158 cm³/mol. The topological polar surface area (TPSA) is 58.2 Å². The molecule has 0 spiro atoms. The van der Waals surface area contributed by atoms with Crippen LogP contribution in [0.2, 0.25) is 0 Å². The summed E-state index contributed by atoms with van der Waals surface area (Å²) in [6.07, 6.45) is 5.15. The summed E-state index contributed by atoms with van der Waals surface area (Å²) >= 11 is 0. The highest BCUT2D eigenvalue weighted by Gasteiger charge is 2.21. The number of rotatable bonds is 11. The number of hydrogen-bond donors (Lipinski definition) is 1. The van der Waals surface area contributed by atoms with Gasteiger partial charge in [0.25, 0.3) is 0 Å². The van der Waals surface area contributed by atoms with E-state index in [4.69, 9.17) is 23.7 Å². The third kappa shape index (κ3) is 6.41. The number of methoxy groups -OCH3 is 3. The van der Waals surface area contributed by atoms with E-state index in [9.17, 15) is 0 Å². The maximum atomic E-state index is 6.15. The van der Waals surface area contributed by atoms with Crippen molar-refractivity contribution in [2.45, 2.75) is 25.7 Å². The van der Waals surface area contributed by atoms with Crippen LogP contribution in [0.4, 0.5) is 0 Å². The Kier molecular flexibility index (Phi) is 8.89. The molecule has 1 aliphatic rings. The lowest BCUT2D eigenvalue weighted by Gasteiger charge is -2.26. The summed E-state index contributed by atoms with van der Waals surface area (Å²) < 4.78 is 29.3. The Morgan fingerprint density at radius 1 is 0.700 bits per heavy atom. The lowest BCUT2D eigenvalue weighted by atomic mass is 9.93. The highest BCUT2D eigenvalue weighted by molar-refractivity contribution is 5.63. The molecule has 0 aromatic heterocycles. The third-order valence-electron chi connectivity index (χ3n) is 6.95. The van der Waals surface area contributed by atoms with Gasteiger partial charge in [0, 0.05) is 6.54 Å². The molecule has 1 aliphatic heterocycles. The lowest BCUT2D eigenvalue weighted by molar-refractivity contribution is 0.266.